The summed E-state index contributed by atoms with van der Waals surface area (Å²) in [5.41, 5.74) is 2.58. The highest BCUT2D eigenvalue weighted by Crippen LogP contribution is 2.26. The van der Waals surface area contributed by atoms with Crippen LogP contribution in [0.3, 0.4) is 0 Å². The van der Waals surface area contributed by atoms with E-state index >= 15 is 0 Å². The molecule has 140 valence electrons. The summed E-state index contributed by atoms with van der Waals surface area (Å²) in [4.78, 5) is 20.5. The second-order valence-corrected chi connectivity index (χ2v) is 6.85. The quantitative estimate of drug-likeness (QED) is 0.670. The predicted molar refractivity (Wildman–Crippen MR) is 96.8 cm³/mol. The van der Waals surface area contributed by atoms with Crippen molar-refractivity contribution in [3.63, 3.8) is 0 Å². The SMILES string of the molecule is Cc1c(Oc2cnc(C(=O)N[C@@H]3CCC[C@H]3O)cn2)ccc2c1B(O)OC2. The number of aliphatic hydroxyl groups is 1. The predicted octanol–water partition coefficient (Wildman–Crippen LogP) is 0.438. The Balaban J connectivity index is 1.45. The molecule has 1 amide bonds. The fraction of sp³-hybridized carbons (Fsp3) is 0.389. The molecule has 1 aromatic carbocycles. The van der Waals surface area contributed by atoms with Crippen LogP contribution in [0, 0.1) is 6.92 Å². The maximum atomic E-state index is 12.2. The number of rotatable bonds is 4. The van der Waals surface area contributed by atoms with Gasteiger partial charge in [0.1, 0.15) is 11.4 Å². The third-order valence-corrected chi connectivity index (χ3v) is 5.07. The number of hydrogen-bond donors (Lipinski definition) is 3. The zero-order valence-corrected chi connectivity index (χ0v) is 14.9. The van der Waals surface area contributed by atoms with E-state index in [4.69, 9.17) is 9.39 Å². The first kappa shape index (κ1) is 17.9. The number of nitrogens with one attached hydrogen (secondary N) is 1. The van der Waals surface area contributed by atoms with Crippen LogP contribution in [-0.2, 0) is 11.3 Å². The molecule has 3 N–H and O–H groups in total. The van der Waals surface area contributed by atoms with E-state index in [-0.39, 0.29) is 23.5 Å². The van der Waals surface area contributed by atoms with Crippen LogP contribution in [0.15, 0.2) is 24.5 Å². The Morgan fingerprint density at radius 2 is 2.19 bits per heavy atom. The smallest absolute Gasteiger partial charge is 0.437 e. The van der Waals surface area contributed by atoms with Crippen molar-refractivity contribution in [3.05, 3.63) is 41.3 Å². The van der Waals surface area contributed by atoms with Gasteiger partial charge in [-0.25, -0.2) is 9.97 Å². The molecule has 1 aliphatic carbocycles. The van der Waals surface area contributed by atoms with E-state index in [1.54, 1.807) is 6.07 Å². The van der Waals surface area contributed by atoms with E-state index in [1.165, 1.54) is 12.4 Å². The second-order valence-electron chi connectivity index (χ2n) is 6.85. The van der Waals surface area contributed by atoms with Crippen LogP contribution < -0.4 is 15.5 Å². The third-order valence-electron chi connectivity index (χ3n) is 5.07. The maximum Gasteiger partial charge on any atom is 0.492 e. The van der Waals surface area contributed by atoms with Gasteiger partial charge in [0.05, 0.1) is 31.1 Å². The number of carbonyl (C=O) groups excluding carboxylic acids is 1. The Morgan fingerprint density at radius 1 is 1.33 bits per heavy atom. The Kier molecular flexibility index (Phi) is 4.82. The lowest BCUT2D eigenvalue weighted by atomic mass is 9.76. The minimum atomic E-state index is -0.952. The normalized spacial score (nSPS) is 21.2. The minimum absolute atomic E-state index is 0.163. The molecule has 1 fully saturated rings. The zero-order chi connectivity index (χ0) is 19.0. The van der Waals surface area contributed by atoms with Crippen molar-refractivity contribution in [2.45, 2.75) is 44.9 Å². The van der Waals surface area contributed by atoms with Crippen molar-refractivity contribution >= 4 is 18.5 Å². The maximum absolute atomic E-state index is 12.2. The molecule has 9 heteroatoms. The average Bonchev–Trinajstić information content (AvgIpc) is 3.24. The first-order chi connectivity index (χ1) is 13.0. The van der Waals surface area contributed by atoms with Gasteiger partial charge in [0.25, 0.3) is 5.91 Å². The van der Waals surface area contributed by atoms with Crippen LogP contribution in [0.2, 0.25) is 0 Å². The first-order valence-electron chi connectivity index (χ1n) is 8.94. The summed E-state index contributed by atoms with van der Waals surface area (Å²) in [7, 11) is -0.952. The molecular weight excluding hydrogens is 349 g/mol. The average molecular weight is 369 g/mol. The summed E-state index contributed by atoms with van der Waals surface area (Å²) in [5.74, 6) is 0.414. The van der Waals surface area contributed by atoms with Crippen molar-refractivity contribution in [2.24, 2.45) is 0 Å². The summed E-state index contributed by atoms with van der Waals surface area (Å²) < 4.78 is 11.0. The summed E-state index contributed by atoms with van der Waals surface area (Å²) in [6, 6.07) is 3.40. The fourth-order valence-corrected chi connectivity index (χ4v) is 3.55. The lowest BCUT2D eigenvalue weighted by Crippen LogP contribution is -2.40. The molecule has 0 spiro atoms. The number of fused-ring (bicyclic) bond motifs is 1. The van der Waals surface area contributed by atoms with Crippen molar-refractivity contribution in [3.8, 4) is 11.6 Å². The first-order valence-corrected chi connectivity index (χ1v) is 8.94. The van der Waals surface area contributed by atoms with Crippen LogP contribution in [0.4, 0.5) is 0 Å². The summed E-state index contributed by atoms with van der Waals surface area (Å²) >= 11 is 0. The van der Waals surface area contributed by atoms with Gasteiger partial charge in [0.2, 0.25) is 5.88 Å². The van der Waals surface area contributed by atoms with E-state index in [0.717, 1.165) is 24.0 Å². The Bertz CT molecular complexity index is 861. The van der Waals surface area contributed by atoms with E-state index in [1.807, 2.05) is 13.0 Å². The molecule has 0 bridgehead atoms. The van der Waals surface area contributed by atoms with Crippen molar-refractivity contribution in [1.29, 1.82) is 0 Å². The monoisotopic (exact) mass is 369 g/mol. The molecule has 1 saturated carbocycles. The number of amides is 1. The summed E-state index contributed by atoms with van der Waals surface area (Å²) in [6.07, 6.45) is 4.56. The van der Waals surface area contributed by atoms with E-state index in [0.29, 0.717) is 24.2 Å². The van der Waals surface area contributed by atoms with E-state index in [2.05, 4.69) is 15.3 Å². The van der Waals surface area contributed by atoms with Crippen LogP contribution in [0.25, 0.3) is 0 Å². The number of carbonyl (C=O) groups is 1. The Labute approximate surface area is 156 Å². The highest BCUT2D eigenvalue weighted by molar-refractivity contribution is 6.62. The molecule has 2 aliphatic rings. The van der Waals surface area contributed by atoms with Gasteiger partial charge in [0.15, 0.2) is 0 Å². The second kappa shape index (κ2) is 7.26. The molecular formula is C18H20BN3O5. The standard InChI is InChI=1S/C18H20BN3O5/c1-10-15(6-5-11-9-26-19(25)17(10)11)27-16-8-20-13(7-21-16)18(24)22-12-3-2-4-14(12)23/h5-8,12,14,23,25H,2-4,9H2,1H3,(H,22,24)/t12-,14-/m1/s1. The van der Waals surface area contributed by atoms with Crippen LogP contribution in [0.5, 0.6) is 11.6 Å². The molecule has 2 heterocycles. The Hall–Kier alpha value is -2.49. The minimum Gasteiger partial charge on any atom is -0.437 e. The molecule has 2 atom stereocenters. The molecule has 1 aliphatic heterocycles. The summed E-state index contributed by atoms with van der Waals surface area (Å²) in [6.45, 7) is 2.21. The van der Waals surface area contributed by atoms with Gasteiger partial charge in [-0.2, -0.15) is 0 Å². The zero-order valence-electron chi connectivity index (χ0n) is 14.9. The van der Waals surface area contributed by atoms with Gasteiger partial charge >= 0.3 is 7.12 Å². The van der Waals surface area contributed by atoms with Crippen LogP contribution in [-0.4, -0.2) is 45.3 Å². The van der Waals surface area contributed by atoms with Crippen molar-refractivity contribution < 1.29 is 24.3 Å². The van der Waals surface area contributed by atoms with Gasteiger partial charge in [0, 0.05) is 0 Å². The van der Waals surface area contributed by atoms with Gasteiger partial charge < -0.3 is 24.8 Å². The molecule has 1 aromatic heterocycles. The Morgan fingerprint density at radius 3 is 2.89 bits per heavy atom. The largest absolute Gasteiger partial charge is 0.492 e. The molecule has 4 rings (SSSR count). The number of ether oxygens (including phenoxy) is 1. The van der Waals surface area contributed by atoms with Crippen molar-refractivity contribution in [2.75, 3.05) is 0 Å². The van der Waals surface area contributed by atoms with Gasteiger partial charge in [-0.3, -0.25) is 4.79 Å². The topological polar surface area (TPSA) is 114 Å². The highest BCUT2D eigenvalue weighted by atomic mass is 16.5. The lowest BCUT2D eigenvalue weighted by molar-refractivity contribution is 0.0868. The number of nitrogens with zero attached hydrogens (tertiary/aromatic N) is 2. The molecule has 0 unspecified atom stereocenters. The number of aromatic nitrogens is 2. The van der Waals surface area contributed by atoms with Crippen molar-refractivity contribution in [1.82, 2.24) is 15.3 Å². The van der Waals surface area contributed by atoms with Crippen LogP contribution >= 0.6 is 0 Å². The van der Waals surface area contributed by atoms with Gasteiger partial charge in [-0.05, 0) is 48.8 Å². The van der Waals surface area contributed by atoms with Gasteiger partial charge in [-0.1, -0.05) is 6.07 Å². The molecule has 2 aromatic rings. The van der Waals surface area contributed by atoms with Gasteiger partial charge in [-0.15, -0.1) is 0 Å². The number of benzene rings is 1. The van der Waals surface area contributed by atoms with Crippen LogP contribution in [0.1, 0.15) is 40.9 Å². The summed E-state index contributed by atoms with van der Waals surface area (Å²) in [5, 5.41) is 22.5. The van der Waals surface area contributed by atoms with E-state index in [9.17, 15) is 14.9 Å². The lowest BCUT2D eigenvalue weighted by Gasteiger charge is -2.16. The third kappa shape index (κ3) is 3.53. The molecule has 0 radical (unpaired) electrons. The van der Waals surface area contributed by atoms with E-state index < -0.39 is 13.2 Å². The molecule has 8 nitrogen and oxygen atoms in total. The molecule has 27 heavy (non-hydrogen) atoms. The number of hydrogen-bond acceptors (Lipinski definition) is 7. The highest BCUT2D eigenvalue weighted by Gasteiger charge is 2.31. The molecule has 0 saturated heterocycles. The fourth-order valence-electron chi connectivity index (χ4n) is 3.55. The number of aliphatic hydroxyl groups excluding tert-OH is 1.